The van der Waals surface area contributed by atoms with E-state index in [1.54, 1.807) is 25.1 Å². The van der Waals surface area contributed by atoms with Gasteiger partial charge >= 0.3 is 5.97 Å². The maximum atomic E-state index is 12.2. The number of amides is 1. The molecule has 2 aliphatic rings. The van der Waals surface area contributed by atoms with E-state index in [1.165, 1.54) is 0 Å². The Kier molecular flexibility index (Phi) is 4.87. The lowest BCUT2D eigenvalue weighted by Gasteiger charge is -2.25. The van der Waals surface area contributed by atoms with Gasteiger partial charge in [0.05, 0.1) is 12.0 Å². The number of rotatable bonds is 5. The highest BCUT2D eigenvalue weighted by atomic mass is 35.5. The van der Waals surface area contributed by atoms with Crippen LogP contribution in [-0.2, 0) is 20.7 Å². The minimum atomic E-state index is -0.896. The maximum Gasteiger partial charge on any atom is 0.313 e. The van der Waals surface area contributed by atoms with Crippen molar-refractivity contribution in [2.24, 2.45) is 11.8 Å². The summed E-state index contributed by atoms with van der Waals surface area (Å²) in [6.45, 7) is 1.49. The van der Waals surface area contributed by atoms with Gasteiger partial charge in [-0.1, -0.05) is 11.6 Å². The predicted molar refractivity (Wildman–Crippen MR) is 90.0 cm³/mol. The average Bonchev–Trinajstić information content (AvgIpc) is 3.44. The molecule has 1 amide bonds. The summed E-state index contributed by atoms with van der Waals surface area (Å²) < 4.78 is 10.7. The van der Waals surface area contributed by atoms with Gasteiger partial charge in [-0.25, -0.2) is 0 Å². The molecule has 0 bridgehead atoms. The van der Waals surface area contributed by atoms with Crippen LogP contribution in [0.4, 0.5) is 0 Å². The van der Waals surface area contributed by atoms with Crippen molar-refractivity contribution in [3.63, 3.8) is 0 Å². The van der Waals surface area contributed by atoms with E-state index in [0.717, 1.165) is 18.4 Å². The molecule has 0 unspecified atom stereocenters. The number of hydrogen-bond donors (Lipinski definition) is 1. The normalized spacial score (nSPS) is 21.1. The number of carbonyl (C=O) groups is 2. The lowest BCUT2D eigenvalue weighted by atomic mass is 9.97. The van der Waals surface area contributed by atoms with Crippen LogP contribution >= 0.6 is 11.6 Å². The standard InChI is InChI=1S/C18H19ClN2O4/c1-18(10-20,13-2-3-13)21-16(22)9-25-17(23)12-6-11-7-14(19)4-5-15(11)24-8-12/h4-5,7,12-13H,2-3,6,8-9H2,1H3,(H,21,22)/t12-,18-/m0/s1. The minimum absolute atomic E-state index is 0.171. The Bertz CT molecular complexity index is 741. The molecule has 3 rings (SSSR count). The fraction of sp³-hybridized carbons (Fsp3) is 0.500. The topological polar surface area (TPSA) is 88.4 Å². The highest BCUT2D eigenvalue weighted by molar-refractivity contribution is 6.30. The van der Waals surface area contributed by atoms with Crippen molar-refractivity contribution in [2.45, 2.75) is 31.7 Å². The van der Waals surface area contributed by atoms with E-state index in [9.17, 15) is 14.9 Å². The third-order valence-electron chi connectivity index (χ3n) is 4.63. The van der Waals surface area contributed by atoms with Crippen molar-refractivity contribution < 1.29 is 19.1 Å². The largest absolute Gasteiger partial charge is 0.492 e. The number of halogens is 1. The first kappa shape index (κ1) is 17.6. The fourth-order valence-electron chi connectivity index (χ4n) is 2.98. The van der Waals surface area contributed by atoms with Gasteiger partial charge in [-0.3, -0.25) is 9.59 Å². The van der Waals surface area contributed by atoms with Gasteiger partial charge in [-0.2, -0.15) is 5.26 Å². The fourth-order valence-corrected chi connectivity index (χ4v) is 3.17. The minimum Gasteiger partial charge on any atom is -0.492 e. The molecule has 2 atom stereocenters. The smallest absolute Gasteiger partial charge is 0.313 e. The average molecular weight is 363 g/mol. The molecule has 1 aromatic carbocycles. The van der Waals surface area contributed by atoms with Crippen molar-refractivity contribution in [3.8, 4) is 11.8 Å². The molecule has 1 aliphatic carbocycles. The van der Waals surface area contributed by atoms with Crippen LogP contribution in [0.3, 0.4) is 0 Å². The van der Waals surface area contributed by atoms with Crippen LogP contribution in [0.15, 0.2) is 18.2 Å². The zero-order valence-corrected chi connectivity index (χ0v) is 14.6. The third-order valence-corrected chi connectivity index (χ3v) is 4.87. The number of nitrogens with one attached hydrogen (secondary N) is 1. The summed E-state index contributed by atoms with van der Waals surface area (Å²) >= 11 is 5.96. The van der Waals surface area contributed by atoms with E-state index in [-0.39, 0.29) is 12.5 Å². The number of hydrogen-bond acceptors (Lipinski definition) is 5. The van der Waals surface area contributed by atoms with E-state index in [1.807, 2.05) is 0 Å². The number of nitriles is 1. The number of carbonyl (C=O) groups excluding carboxylic acids is 2. The number of benzene rings is 1. The van der Waals surface area contributed by atoms with Crippen LogP contribution in [0.2, 0.25) is 5.02 Å². The summed E-state index contributed by atoms with van der Waals surface area (Å²) in [5.74, 6) is -0.564. The Balaban J connectivity index is 1.51. The van der Waals surface area contributed by atoms with E-state index < -0.39 is 29.9 Å². The molecule has 1 aromatic rings. The van der Waals surface area contributed by atoms with E-state index in [0.29, 0.717) is 17.2 Å². The van der Waals surface area contributed by atoms with Gasteiger partial charge in [0, 0.05) is 5.02 Å². The monoisotopic (exact) mass is 362 g/mol. The van der Waals surface area contributed by atoms with Crippen LogP contribution in [0.1, 0.15) is 25.3 Å². The van der Waals surface area contributed by atoms with Crippen molar-refractivity contribution in [1.29, 1.82) is 5.26 Å². The molecular formula is C18H19ClN2O4. The summed E-state index contributed by atoms with van der Waals surface area (Å²) in [5, 5.41) is 12.5. The molecule has 132 valence electrons. The van der Waals surface area contributed by atoms with Crippen LogP contribution in [0.5, 0.6) is 5.75 Å². The molecule has 1 heterocycles. The van der Waals surface area contributed by atoms with E-state index in [4.69, 9.17) is 21.1 Å². The van der Waals surface area contributed by atoms with E-state index >= 15 is 0 Å². The predicted octanol–water partition coefficient (Wildman–Crippen LogP) is 2.24. The Morgan fingerprint density at radius 3 is 2.92 bits per heavy atom. The van der Waals surface area contributed by atoms with Crippen molar-refractivity contribution in [3.05, 3.63) is 28.8 Å². The molecule has 0 saturated heterocycles. The van der Waals surface area contributed by atoms with Gasteiger partial charge in [0.25, 0.3) is 5.91 Å². The van der Waals surface area contributed by atoms with Gasteiger partial charge in [-0.15, -0.1) is 0 Å². The van der Waals surface area contributed by atoms with Gasteiger partial charge in [0.1, 0.15) is 17.9 Å². The first-order valence-electron chi connectivity index (χ1n) is 8.21. The molecular weight excluding hydrogens is 344 g/mol. The van der Waals surface area contributed by atoms with Gasteiger partial charge in [-0.05, 0) is 55.9 Å². The molecule has 7 heteroatoms. The second kappa shape index (κ2) is 6.93. The highest BCUT2D eigenvalue weighted by Gasteiger charge is 2.43. The summed E-state index contributed by atoms with van der Waals surface area (Å²) in [7, 11) is 0. The van der Waals surface area contributed by atoms with Gasteiger partial charge in [0.15, 0.2) is 6.61 Å². The third kappa shape index (κ3) is 4.05. The Morgan fingerprint density at radius 1 is 1.48 bits per heavy atom. The SMILES string of the molecule is C[C@@](C#N)(NC(=O)COC(=O)[C@@H]1COc2ccc(Cl)cc2C1)C1CC1. The quantitative estimate of drug-likeness (QED) is 0.811. The van der Waals surface area contributed by atoms with Crippen LogP contribution in [-0.4, -0.2) is 30.6 Å². The molecule has 25 heavy (non-hydrogen) atoms. The maximum absolute atomic E-state index is 12.2. The lowest BCUT2D eigenvalue weighted by Crippen LogP contribution is -2.48. The van der Waals surface area contributed by atoms with Crippen LogP contribution in [0, 0.1) is 23.2 Å². The summed E-state index contributed by atoms with van der Waals surface area (Å²) in [6.07, 6.45) is 2.30. The Labute approximate surface area is 151 Å². The molecule has 0 aromatic heterocycles. The van der Waals surface area contributed by atoms with Gasteiger partial charge < -0.3 is 14.8 Å². The summed E-state index contributed by atoms with van der Waals surface area (Å²) in [6, 6.07) is 7.40. The molecule has 1 N–H and O–H groups in total. The lowest BCUT2D eigenvalue weighted by molar-refractivity contribution is -0.154. The first-order chi connectivity index (χ1) is 11.9. The number of fused-ring (bicyclic) bond motifs is 1. The van der Waals surface area contributed by atoms with Crippen LogP contribution < -0.4 is 10.1 Å². The molecule has 1 aliphatic heterocycles. The highest BCUT2D eigenvalue weighted by Crippen LogP contribution is 2.39. The number of esters is 1. The Morgan fingerprint density at radius 2 is 2.24 bits per heavy atom. The zero-order valence-electron chi connectivity index (χ0n) is 13.9. The molecule has 1 saturated carbocycles. The molecule has 0 spiro atoms. The van der Waals surface area contributed by atoms with Gasteiger partial charge in [0.2, 0.25) is 0 Å². The van der Waals surface area contributed by atoms with Crippen LogP contribution in [0.25, 0.3) is 0 Å². The van der Waals surface area contributed by atoms with Crippen molar-refractivity contribution in [1.82, 2.24) is 5.32 Å². The molecule has 1 fully saturated rings. The van der Waals surface area contributed by atoms with Crippen molar-refractivity contribution >= 4 is 23.5 Å². The second-order valence-electron chi connectivity index (χ2n) is 6.71. The molecule has 0 radical (unpaired) electrons. The second-order valence-corrected chi connectivity index (χ2v) is 7.14. The Hall–Kier alpha value is -2.26. The summed E-state index contributed by atoms with van der Waals surface area (Å²) in [4.78, 5) is 24.2. The van der Waals surface area contributed by atoms with Crippen molar-refractivity contribution in [2.75, 3.05) is 13.2 Å². The first-order valence-corrected chi connectivity index (χ1v) is 8.59. The number of ether oxygens (including phenoxy) is 2. The zero-order chi connectivity index (χ0) is 18.0. The molecule has 6 nitrogen and oxygen atoms in total. The van der Waals surface area contributed by atoms with E-state index in [2.05, 4.69) is 11.4 Å². The number of nitrogens with zero attached hydrogens (tertiary/aromatic N) is 1. The summed E-state index contributed by atoms with van der Waals surface area (Å²) in [5.41, 5.74) is -0.0522.